The van der Waals surface area contributed by atoms with Gasteiger partial charge in [-0.05, 0) is 19.4 Å². The van der Waals surface area contributed by atoms with E-state index in [9.17, 15) is 9.90 Å². The molecule has 6 nitrogen and oxygen atoms in total. The monoisotopic (exact) mass is 263 g/mol. The van der Waals surface area contributed by atoms with Crippen molar-refractivity contribution in [2.24, 2.45) is 0 Å². The van der Waals surface area contributed by atoms with Crippen LogP contribution in [0.3, 0.4) is 0 Å². The van der Waals surface area contributed by atoms with Gasteiger partial charge in [-0.15, -0.1) is 0 Å². The minimum absolute atomic E-state index is 0.131. The zero-order valence-corrected chi connectivity index (χ0v) is 10.7. The number of ether oxygens (including phenoxy) is 2. The van der Waals surface area contributed by atoms with Crippen molar-refractivity contribution < 1.29 is 19.4 Å². The summed E-state index contributed by atoms with van der Waals surface area (Å²) in [4.78, 5) is 14.4. The van der Waals surface area contributed by atoms with Crippen LogP contribution in [0, 0.1) is 5.39 Å². The molecule has 1 atom stereocenters. The Hall–Kier alpha value is -2.55. The maximum absolute atomic E-state index is 11.7. The Labute approximate surface area is 110 Å². The highest BCUT2D eigenvalue weighted by Gasteiger charge is 2.34. The molecular weight excluding hydrogens is 248 g/mol. The van der Waals surface area contributed by atoms with Crippen molar-refractivity contribution in [3.8, 4) is 0 Å². The van der Waals surface area contributed by atoms with Crippen molar-refractivity contribution in [2.75, 3.05) is 6.61 Å². The molecule has 1 aromatic rings. The Morgan fingerprint density at radius 2 is 2.05 bits per heavy atom. The number of nitrogens with zero attached hydrogens (tertiary/aromatic N) is 2. The van der Waals surface area contributed by atoms with Crippen LogP contribution in [0.1, 0.15) is 25.5 Å². The van der Waals surface area contributed by atoms with Crippen molar-refractivity contribution >= 4 is 5.97 Å². The lowest BCUT2D eigenvalue weighted by atomic mass is 10.1. The lowest BCUT2D eigenvalue weighted by Gasteiger charge is -2.10. The molecule has 0 aliphatic rings. The molecule has 1 rings (SSSR count). The summed E-state index contributed by atoms with van der Waals surface area (Å²) in [5.41, 5.74) is 0.119. The first-order valence-electron chi connectivity index (χ1n) is 5.77. The van der Waals surface area contributed by atoms with Gasteiger partial charge in [0.2, 0.25) is 5.39 Å². The summed E-state index contributed by atoms with van der Waals surface area (Å²) in [5, 5.41) is 18.1. The number of aliphatic hydroxyl groups excluding tert-OH is 1. The molecule has 19 heavy (non-hydrogen) atoms. The molecule has 0 amide bonds. The molecular formula is C13H15N2O4+. The van der Waals surface area contributed by atoms with E-state index in [0.29, 0.717) is 0 Å². The molecule has 0 bridgehead atoms. The Morgan fingerprint density at radius 1 is 1.42 bits per heavy atom. The van der Waals surface area contributed by atoms with E-state index >= 15 is 0 Å². The van der Waals surface area contributed by atoms with E-state index < -0.39 is 23.7 Å². The van der Waals surface area contributed by atoms with Crippen LogP contribution in [-0.2, 0) is 14.3 Å². The lowest BCUT2D eigenvalue weighted by molar-refractivity contribution is -0.144. The molecule has 0 aliphatic carbocycles. The maximum atomic E-state index is 11.7. The van der Waals surface area contributed by atoms with Crippen LogP contribution >= 0.6 is 0 Å². The predicted octanol–water partition coefficient (Wildman–Crippen LogP) is 2.91. The van der Waals surface area contributed by atoms with Gasteiger partial charge in [-0.25, -0.2) is 4.79 Å². The number of benzene rings is 1. The quantitative estimate of drug-likeness (QED) is 0.382. The summed E-state index contributed by atoms with van der Waals surface area (Å²) >= 11 is 0. The Balaban J connectivity index is 2.79. The van der Waals surface area contributed by atoms with Gasteiger partial charge in [0.1, 0.15) is 6.10 Å². The second-order valence-electron chi connectivity index (χ2n) is 3.64. The number of carbonyl (C=O) groups is 1. The second kappa shape index (κ2) is 7.01. The van der Waals surface area contributed by atoms with Crippen LogP contribution in [-0.4, -0.2) is 17.7 Å². The molecule has 0 radical (unpaired) electrons. The third-order valence-corrected chi connectivity index (χ3v) is 2.33. The first kappa shape index (κ1) is 14.5. The summed E-state index contributed by atoms with van der Waals surface area (Å²) in [7, 11) is 0. The van der Waals surface area contributed by atoms with Crippen LogP contribution in [0.25, 0.3) is 4.98 Å². The van der Waals surface area contributed by atoms with Crippen LogP contribution in [0.5, 0.6) is 0 Å². The van der Waals surface area contributed by atoms with Crippen molar-refractivity contribution in [3.63, 3.8) is 0 Å². The van der Waals surface area contributed by atoms with Crippen LogP contribution in [0.15, 0.2) is 42.0 Å². The zero-order chi connectivity index (χ0) is 14.3. The van der Waals surface area contributed by atoms with Gasteiger partial charge in [0.25, 0.3) is 0 Å². The maximum Gasteiger partial charge on any atom is 0.547 e. The zero-order valence-electron chi connectivity index (χ0n) is 10.7. The van der Waals surface area contributed by atoms with Gasteiger partial charge in [-0.3, -0.25) is 0 Å². The van der Waals surface area contributed by atoms with E-state index in [2.05, 4.69) is 9.71 Å². The van der Waals surface area contributed by atoms with E-state index in [-0.39, 0.29) is 6.61 Å². The average molecular weight is 263 g/mol. The molecule has 0 saturated heterocycles. The van der Waals surface area contributed by atoms with Crippen molar-refractivity contribution in [3.05, 3.63) is 52.5 Å². The van der Waals surface area contributed by atoms with Crippen molar-refractivity contribution in [2.45, 2.75) is 20.0 Å². The van der Waals surface area contributed by atoms with Gasteiger partial charge in [0.05, 0.1) is 6.61 Å². The highest BCUT2D eigenvalue weighted by atomic mass is 16.6. The van der Waals surface area contributed by atoms with Gasteiger partial charge in [0, 0.05) is 0 Å². The lowest BCUT2D eigenvalue weighted by Crippen LogP contribution is -2.12. The number of diazo groups is 1. The molecule has 1 unspecified atom stereocenters. The van der Waals surface area contributed by atoms with Crippen molar-refractivity contribution in [1.29, 1.82) is 5.39 Å². The third-order valence-electron chi connectivity index (χ3n) is 2.33. The molecule has 100 valence electrons. The Morgan fingerprint density at radius 3 is 2.58 bits per heavy atom. The number of rotatable bonds is 5. The summed E-state index contributed by atoms with van der Waals surface area (Å²) in [5.74, 6) is -1.74. The summed E-state index contributed by atoms with van der Waals surface area (Å²) in [6, 6.07) is 9.04. The van der Waals surface area contributed by atoms with Gasteiger partial charge < -0.3 is 14.6 Å². The van der Waals surface area contributed by atoms with E-state index in [1.807, 2.05) is 18.2 Å². The molecule has 0 spiro atoms. The fourth-order valence-electron chi connectivity index (χ4n) is 1.38. The van der Waals surface area contributed by atoms with Crippen molar-refractivity contribution in [1.82, 2.24) is 0 Å². The highest BCUT2D eigenvalue weighted by molar-refractivity contribution is 5.90. The van der Waals surface area contributed by atoms with E-state index in [1.165, 1.54) is 0 Å². The van der Waals surface area contributed by atoms with Gasteiger partial charge in [-0.2, -0.15) is 0 Å². The fraction of sp³-hybridized carbons (Fsp3) is 0.308. The normalized spacial score (nSPS) is 12.9. The molecule has 0 heterocycles. The summed E-state index contributed by atoms with van der Waals surface area (Å²) < 4.78 is 9.75. The molecule has 0 aliphatic heterocycles. The standard InChI is InChI=1S/C13H14N2O4/c1-3-18-12(16)11(15-14)13(17)19-9(2)10-7-5-4-6-8-10/h4-9H,3H2,1-2H3/p+1. The molecule has 0 aromatic heterocycles. The number of hydrogen-bond donors (Lipinski definition) is 1. The second-order valence-corrected chi connectivity index (χ2v) is 3.64. The first-order chi connectivity index (χ1) is 9.10. The van der Waals surface area contributed by atoms with Gasteiger partial charge in [0.15, 0.2) is 4.98 Å². The summed E-state index contributed by atoms with van der Waals surface area (Å²) in [6.07, 6.45) is -0.542. The molecule has 1 N–H and O–H groups in total. The summed E-state index contributed by atoms with van der Waals surface area (Å²) in [6.45, 7) is 3.41. The van der Waals surface area contributed by atoms with Crippen LogP contribution in [0.2, 0.25) is 0 Å². The van der Waals surface area contributed by atoms with Gasteiger partial charge in [-0.1, -0.05) is 30.3 Å². The number of aliphatic hydroxyl groups is 1. The third kappa shape index (κ3) is 4.00. The minimum atomic E-state index is -0.968. The molecule has 0 saturated carbocycles. The molecule has 6 heteroatoms. The smallest absolute Gasteiger partial charge is 0.475 e. The number of carbonyl (C=O) groups excluding carboxylic acids is 1. The predicted molar refractivity (Wildman–Crippen MR) is 67.3 cm³/mol. The van der Waals surface area contributed by atoms with Gasteiger partial charge >= 0.3 is 17.6 Å². The Bertz CT molecular complexity index is 505. The number of esters is 1. The highest BCUT2D eigenvalue weighted by Crippen LogP contribution is 2.19. The Kier molecular flexibility index (Phi) is 5.35. The fourth-order valence-corrected chi connectivity index (χ4v) is 1.38. The topological polar surface area (TPSA) is 83.9 Å². The minimum Gasteiger partial charge on any atom is -0.475 e. The molecule has 1 aromatic carbocycles. The SMILES string of the molecule is CCO/C(O)=C(/[N+]#N)C(=O)OC(C)c1ccccc1. The number of hydrogen-bond acceptors (Lipinski definition) is 5. The van der Waals surface area contributed by atoms with E-state index in [1.54, 1.807) is 26.0 Å². The first-order valence-corrected chi connectivity index (χ1v) is 5.77. The average Bonchev–Trinajstić information content (AvgIpc) is 2.40. The molecule has 0 fully saturated rings. The van der Waals surface area contributed by atoms with E-state index in [4.69, 9.17) is 10.1 Å². The van der Waals surface area contributed by atoms with Crippen LogP contribution in [0.4, 0.5) is 0 Å². The largest absolute Gasteiger partial charge is 0.547 e. The van der Waals surface area contributed by atoms with Crippen LogP contribution < -0.4 is 0 Å². The van der Waals surface area contributed by atoms with E-state index in [0.717, 1.165) is 5.56 Å².